The van der Waals surface area contributed by atoms with Crippen LogP contribution in [0.15, 0.2) is 67.2 Å². The van der Waals surface area contributed by atoms with Crippen molar-refractivity contribution < 1.29 is 23.7 Å². The first-order chi connectivity index (χ1) is 16.2. The molecule has 0 aliphatic carbocycles. The number of para-hydroxylation sites is 1. The van der Waals surface area contributed by atoms with Gasteiger partial charge in [-0.05, 0) is 43.2 Å². The lowest BCUT2D eigenvalue weighted by Gasteiger charge is -2.23. The number of allylic oxidation sites excluding steroid dienone is 1. The average Bonchev–Trinajstić information content (AvgIpc) is 2.87. The number of aromatic nitrogens is 1. The summed E-state index contributed by atoms with van der Waals surface area (Å²) in [5.41, 5.74) is 2.97. The minimum Gasteiger partial charge on any atom is -0.490 e. The van der Waals surface area contributed by atoms with Gasteiger partial charge in [-0.2, -0.15) is 0 Å². The molecule has 6 heteroatoms. The largest absolute Gasteiger partial charge is 0.490 e. The second-order valence-corrected chi connectivity index (χ2v) is 7.63. The van der Waals surface area contributed by atoms with Gasteiger partial charge in [-0.25, -0.2) is 4.79 Å². The van der Waals surface area contributed by atoms with E-state index in [9.17, 15) is 4.79 Å². The predicted molar refractivity (Wildman–Crippen MR) is 126 cm³/mol. The molecule has 0 radical (unpaired) electrons. The molecule has 0 N–H and O–H groups in total. The maximum absolute atomic E-state index is 12.6. The molecule has 0 saturated heterocycles. The highest BCUT2D eigenvalue weighted by atomic mass is 16.5. The zero-order valence-corrected chi connectivity index (χ0v) is 18.9. The third-order valence-electron chi connectivity index (χ3n) is 5.12. The lowest BCUT2D eigenvalue weighted by Crippen LogP contribution is -2.12. The first-order valence-corrected chi connectivity index (χ1v) is 11.2. The van der Waals surface area contributed by atoms with Gasteiger partial charge in [0.15, 0.2) is 11.5 Å². The Morgan fingerprint density at radius 2 is 1.79 bits per heavy atom. The quantitative estimate of drug-likeness (QED) is 0.304. The molecular weight excluding hydrogens is 418 g/mol. The fourth-order valence-corrected chi connectivity index (χ4v) is 3.54. The van der Waals surface area contributed by atoms with Gasteiger partial charge < -0.3 is 18.9 Å². The molecule has 0 fully saturated rings. The van der Waals surface area contributed by atoms with Crippen molar-refractivity contribution in [3.8, 4) is 23.0 Å². The summed E-state index contributed by atoms with van der Waals surface area (Å²) in [5.74, 6) is 2.15. The number of hydrogen-bond acceptors (Lipinski definition) is 6. The summed E-state index contributed by atoms with van der Waals surface area (Å²) < 4.78 is 23.7. The van der Waals surface area contributed by atoms with Crippen LogP contribution in [0.1, 0.15) is 48.2 Å². The van der Waals surface area contributed by atoms with Crippen LogP contribution in [0.25, 0.3) is 5.57 Å². The number of fused-ring (bicyclic) bond motifs is 1. The van der Waals surface area contributed by atoms with E-state index in [4.69, 9.17) is 18.9 Å². The van der Waals surface area contributed by atoms with Crippen molar-refractivity contribution in [1.29, 1.82) is 0 Å². The Hall–Kier alpha value is -3.80. The monoisotopic (exact) mass is 445 g/mol. The number of ether oxygens (including phenoxy) is 4. The third kappa shape index (κ3) is 5.17. The van der Waals surface area contributed by atoms with Crippen LogP contribution in [0.2, 0.25) is 0 Å². The summed E-state index contributed by atoms with van der Waals surface area (Å²) in [6, 6.07) is 14.6. The van der Waals surface area contributed by atoms with Gasteiger partial charge in [0.1, 0.15) is 11.5 Å². The number of benzene rings is 2. The van der Waals surface area contributed by atoms with Gasteiger partial charge in [0, 0.05) is 35.5 Å². The SMILES string of the molecule is CCCOc1ccc2c(c1OCCC)CC(c1ccccc1OC(=O)c1cccnc1)=CO2. The lowest BCUT2D eigenvalue weighted by molar-refractivity contribution is 0.0733. The van der Waals surface area contributed by atoms with Crippen LogP contribution in [0.3, 0.4) is 0 Å². The Kier molecular flexibility index (Phi) is 7.25. The Labute approximate surface area is 193 Å². The van der Waals surface area contributed by atoms with Gasteiger partial charge >= 0.3 is 5.97 Å². The van der Waals surface area contributed by atoms with Crippen molar-refractivity contribution >= 4 is 11.5 Å². The maximum atomic E-state index is 12.6. The Balaban J connectivity index is 1.63. The van der Waals surface area contributed by atoms with Gasteiger partial charge in [-0.15, -0.1) is 0 Å². The summed E-state index contributed by atoms with van der Waals surface area (Å²) in [5, 5.41) is 0. The molecule has 6 nitrogen and oxygen atoms in total. The first kappa shape index (κ1) is 22.4. The van der Waals surface area contributed by atoms with Crippen molar-refractivity contribution in [1.82, 2.24) is 4.98 Å². The highest BCUT2D eigenvalue weighted by Crippen LogP contribution is 2.44. The molecule has 0 bridgehead atoms. The fourth-order valence-electron chi connectivity index (χ4n) is 3.54. The molecular formula is C27H27NO5. The second kappa shape index (κ2) is 10.7. The van der Waals surface area contributed by atoms with E-state index in [-0.39, 0.29) is 0 Å². The van der Waals surface area contributed by atoms with Crippen molar-refractivity contribution in [3.63, 3.8) is 0 Å². The minimum absolute atomic E-state index is 0.388. The van der Waals surface area contributed by atoms with Gasteiger partial charge in [0.05, 0.1) is 25.0 Å². The van der Waals surface area contributed by atoms with Crippen LogP contribution in [-0.4, -0.2) is 24.2 Å². The molecule has 0 unspecified atom stereocenters. The molecule has 33 heavy (non-hydrogen) atoms. The Bertz CT molecular complexity index is 1140. The predicted octanol–water partition coefficient (Wildman–Crippen LogP) is 5.85. The van der Waals surface area contributed by atoms with Crippen molar-refractivity contribution in [3.05, 3.63) is 83.9 Å². The van der Waals surface area contributed by atoms with E-state index in [1.165, 1.54) is 6.20 Å². The molecule has 2 aromatic carbocycles. The number of carbonyl (C=O) groups is 1. The van der Waals surface area contributed by atoms with Crippen molar-refractivity contribution in [2.75, 3.05) is 13.2 Å². The lowest BCUT2D eigenvalue weighted by atomic mass is 9.95. The van der Waals surface area contributed by atoms with E-state index in [0.717, 1.165) is 35.3 Å². The van der Waals surface area contributed by atoms with E-state index >= 15 is 0 Å². The van der Waals surface area contributed by atoms with Gasteiger partial charge in [-0.3, -0.25) is 4.98 Å². The molecule has 0 saturated carbocycles. The maximum Gasteiger partial charge on any atom is 0.345 e. The van der Waals surface area contributed by atoms with E-state index in [1.807, 2.05) is 30.3 Å². The molecule has 1 aliphatic heterocycles. The number of hydrogen-bond donors (Lipinski definition) is 0. The minimum atomic E-state index is -0.463. The molecule has 1 aromatic heterocycles. The van der Waals surface area contributed by atoms with E-state index in [2.05, 4.69) is 18.8 Å². The molecule has 1 aliphatic rings. The molecule has 3 aromatic rings. The highest BCUT2D eigenvalue weighted by molar-refractivity contribution is 5.91. The van der Waals surface area contributed by atoms with E-state index < -0.39 is 5.97 Å². The molecule has 0 atom stereocenters. The normalized spacial score (nSPS) is 12.2. The second-order valence-electron chi connectivity index (χ2n) is 7.63. The zero-order chi connectivity index (χ0) is 23.0. The average molecular weight is 446 g/mol. The number of nitrogens with zero attached hydrogens (tertiary/aromatic N) is 1. The number of rotatable bonds is 9. The Morgan fingerprint density at radius 1 is 0.970 bits per heavy atom. The topological polar surface area (TPSA) is 66.9 Å². The van der Waals surface area contributed by atoms with Crippen LogP contribution < -0.4 is 18.9 Å². The summed E-state index contributed by atoms with van der Waals surface area (Å²) in [6.45, 7) is 5.32. The number of esters is 1. The molecule has 0 spiro atoms. The smallest absolute Gasteiger partial charge is 0.345 e. The van der Waals surface area contributed by atoms with Crippen LogP contribution in [0, 0.1) is 0 Å². The van der Waals surface area contributed by atoms with Gasteiger partial charge in [-0.1, -0.05) is 32.0 Å². The molecule has 170 valence electrons. The summed E-state index contributed by atoms with van der Waals surface area (Å²) >= 11 is 0. The van der Waals surface area contributed by atoms with Crippen molar-refractivity contribution in [2.24, 2.45) is 0 Å². The fraction of sp³-hybridized carbons (Fsp3) is 0.259. The van der Waals surface area contributed by atoms with Crippen LogP contribution in [0.5, 0.6) is 23.0 Å². The Morgan fingerprint density at radius 3 is 2.58 bits per heavy atom. The van der Waals surface area contributed by atoms with Crippen LogP contribution >= 0.6 is 0 Å². The molecule has 4 rings (SSSR count). The molecule has 2 heterocycles. The number of carbonyl (C=O) groups excluding carboxylic acids is 1. The first-order valence-electron chi connectivity index (χ1n) is 11.2. The summed E-state index contributed by atoms with van der Waals surface area (Å²) in [7, 11) is 0. The summed E-state index contributed by atoms with van der Waals surface area (Å²) in [6.07, 6.45) is 7.14. The highest BCUT2D eigenvalue weighted by Gasteiger charge is 2.24. The zero-order valence-electron chi connectivity index (χ0n) is 18.9. The van der Waals surface area contributed by atoms with E-state index in [0.29, 0.717) is 42.4 Å². The molecule has 0 amide bonds. The standard InChI is InChI=1S/C27H27NO5/c1-3-14-30-25-12-11-23-22(26(25)31-15-4-2)16-20(18-32-23)21-9-5-6-10-24(21)33-27(29)19-8-7-13-28-17-19/h5-13,17-18H,3-4,14-16H2,1-2H3. The summed E-state index contributed by atoms with van der Waals surface area (Å²) in [4.78, 5) is 16.6. The van der Waals surface area contributed by atoms with Crippen molar-refractivity contribution in [2.45, 2.75) is 33.1 Å². The third-order valence-corrected chi connectivity index (χ3v) is 5.12. The van der Waals surface area contributed by atoms with Gasteiger partial charge in [0.25, 0.3) is 0 Å². The van der Waals surface area contributed by atoms with Gasteiger partial charge in [0.2, 0.25) is 0 Å². The number of pyridine rings is 1. The van der Waals surface area contributed by atoms with Crippen LogP contribution in [0.4, 0.5) is 0 Å². The van der Waals surface area contributed by atoms with Crippen LogP contribution in [-0.2, 0) is 6.42 Å². The van der Waals surface area contributed by atoms with E-state index in [1.54, 1.807) is 30.7 Å².